The van der Waals surface area contributed by atoms with Crippen LogP contribution in [0.15, 0.2) is 0 Å². The monoisotopic (exact) mass is 1010 g/mol. The maximum Gasteiger partial charge on any atom is 0.242 e. The molecule has 1 N–H and O–H groups in total. The molecule has 8 fully saturated rings. The fraction of sp³-hybridized carbons (Fsp3) is 0.950. The highest BCUT2D eigenvalue weighted by Crippen LogP contribution is 2.35. The molecule has 0 radical (unpaired) electrons. The minimum absolute atomic E-state index is 0.120. The Hall–Kier alpha value is -1.83. The summed E-state index contributed by atoms with van der Waals surface area (Å²) in [6.07, 6.45) is 15.5. The predicted molar refractivity (Wildman–Crippen MR) is 297 cm³/mol. The molecule has 0 aromatic rings. The third-order valence-electron chi connectivity index (χ3n) is 18.1. The van der Waals surface area contributed by atoms with Crippen LogP contribution in [0.5, 0.6) is 0 Å². The third kappa shape index (κ3) is 21.7. The summed E-state index contributed by atoms with van der Waals surface area (Å²) in [5.41, 5.74) is 0.807. The molecular weight excluding hydrogens is 901 g/mol. The normalized spacial score (nSPS) is 27.2. The molecular formula is C60H114N6O6. The number of piperidine rings is 4. The van der Waals surface area contributed by atoms with E-state index in [4.69, 9.17) is 14.2 Å². The zero-order valence-electron chi connectivity index (χ0n) is 49.2. The maximum absolute atomic E-state index is 12.5. The molecule has 0 aliphatic carbocycles. The lowest BCUT2D eigenvalue weighted by Crippen LogP contribution is -2.54. The van der Waals surface area contributed by atoms with Crippen molar-refractivity contribution in [3.05, 3.63) is 0 Å². The van der Waals surface area contributed by atoms with E-state index in [0.29, 0.717) is 29.3 Å². The first-order chi connectivity index (χ1) is 34.0. The molecule has 8 heterocycles. The van der Waals surface area contributed by atoms with Crippen molar-refractivity contribution in [3.8, 4) is 0 Å². The molecule has 72 heavy (non-hydrogen) atoms. The molecule has 0 saturated carbocycles. The van der Waals surface area contributed by atoms with Crippen molar-refractivity contribution in [1.82, 2.24) is 29.8 Å². The maximum atomic E-state index is 12.5. The number of carbonyl (C=O) groups excluding carboxylic acids is 3. The van der Waals surface area contributed by atoms with Gasteiger partial charge < -0.3 is 44.0 Å². The van der Waals surface area contributed by atoms with Crippen LogP contribution >= 0.6 is 0 Å². The van der Waals surface area contributed by atoms with Crippen LogP contribution in [-0.2, 0) is 28.6 Å². The largest absolute Gasteiger partial charge is 0.381 e. The smallest absolute Gasteiger partial charge is 0.242 e. The first-order valence-corrected chi connectivity index (χ1v) is 29.7. The number of likely N-dealkylation sites (tertiary alicyclic amines) is 5. The van der Waals surface area contributed by atoms with Crippen molar-refractivity contribution in [1.29, 1.82) is 0 Å². The Morgan fingerprint density at radius 2 is 0.889 bits per heavy atom. The Kier molecular flexibility index (Phi) is 27.4. The van der Waals surface area contributed by atoms with Gasteiger partial charge in [-0.25, -0.2) is 0 Å². The van der Waals surface area contributed by atoms with Crippen LogP contribution in [0.1, 0.15) is 167 Å². The van der Waals surface area contributed by atoms with Crippen LogP contribution in [-0.4, -0.2) is 174 Å². The number of nitrogens with zero attached hydrogens (tertiary/aromatic N) is 5. The summed E-state index contributed by atoms with van der Waals surface area (Å²) in [7, 11) is 4.24. The number of amides is 3. The quantitative estimate of drug-likeness (QED) is 0.279. The Bertz CT molecular complexity index is 1500. The van der Waals surface area contributed by atoms with Gasteiger partial charge in [0.1, 0.15) is 6.04 Å². The number of hydrogen-bond acceptors (Lipinski definition) is 9. The van der Waals surface area contributed by atoms with E-state index < -0.39 is 0 Å². The van der Waals surface area contributed by atoms with E-state index in [-0.39, 0.29) is 23.8 Å². The van der Waals surface area contributed by atoms with Crippen molar-refractivity contribution in [2.75, 3.05) is 126 Å². The van der Waals surface area contributed by atoms with Crippen molar-refractivity contribution < 1.29 is 28.6 Å². The molecule has 0 bridgehead atoms. The number of rotatable bonds is 6. The van der Waals surface area contributed by atoms with E-state index >= 15 is 0 Å². The van der Waals surface area contributed by atoms with Gasteiger partial charge in [-0.3, -0.25) is 14.4 Å². The van der Waals surface area contributed by atoms with E-state index in [1.165, 1.54) is 57.8 Å². The van der Waals surface area contributed by atoms with Gasteiger partial charge in [-0.1, -0.05) is 83.1 Å². The van der Waals surface area contributed by atoms with Crippen LogP contribution < -0.4 is 5.32 Å². The van der Waals surface area contributed by atoms with E-state index in [0.717, 1.165) is 178 Å². The lowest BCUT2D eigenvalue weighted by molar-refractivity contribution is -0.139. The molecule has 8 aliphatic rings. The zero-order chi connectivity index (χ0) is 53.0. The van der Waals surface area contributed by atoms with Crippen LogP contribution in [0.4, 0.5) is 0 Å². The number of nitrogens with one attached hydrogen (secondary N) is 1. The van der Waals surface area contributed by atoms with Gasteiger partial charge in [0, 0.05) is 85.3 Å². The van der Waals surface area contributed by atoms with Crippen LogP contribution in [0.25, 0.3) is 0 Å². The van der Waals surface area contributed by atoms with Gasteiger partial charge in [0.2, 0.25) is 17.7 Å². The second-order valence-corrected chi connectivity index (χ2v) is 26.7. The van der Waals surface area contributed by atoms with Gasteiger partial charge in [0.05, 0.1) is 25.0 Å². The summed E-state index contributed by atoms with van der Waals surface area (Å²) in [5.74, 6) is 8.07. The van der Waals surface area contributed by atoms with Crippen molar-refractivity contribution in [2.45, 2.75) is 173 Å². The molecule has 0 aromatic heterocycles. The lowest BCUT2D eigenvalue weighted by atomic mass is 9.75. The Morgan fingerprint density at radius 1 is 0.444 bits per heavy atom. The Morgan fingerprint density at radius 3 is 1.28 bits per heavy atom. The molecule has 8 rings (SSSR count). The molecule has 0 aromatic carbocycles. The van der Waals surface area contributed by atoms with Gasteiger partial charge in [-0.15, -0.1) is 0 Å². The first kappa shape index (κ1) is 62.7. The second-order valence-electron chi connectivity index (χ2n) is 26.7. The highest BCUT2D eigenvalue weighted by Gasteiger charge is 2.35. The van der Waals surface area contributed by atoms with Gasteiger partial charge in [0.25, 0.3) is 0 Å². The van der Waals surface area contributed by atoms with E-state index in [1.54, 1.807) is 0 Å². The molecule has 0 spiro atoms. The zero-order valence-corrected chi connectivity index (χ0v) is 49.2. The summed E-state index contributed by atoms with van der Waals surface area (Å²) in [5, 5.41) is 3.24. The fourth-order valence-corrected chi connectivity index (χ4v) is 12.3. The Balaban J connectivity index is 0.000000200. The first-order valence-electron chi connectivity index (χ1n) is 29.7. The molecule has 420 valence electrons. The van der Waals surface area contributed by atoms with Crippen molar-refractivity contribution >= 4 is 17.7 Å². The molecule has 4 atom stereocenters. The van der Waals surface area contributed by atoms with Gasteiger partial charge in [-0.2, -0.15) is 0 Å². The van der Waals surface area contributed by atoms with E-state index in [1.807, 2.05) is 4.90 Å². The van der Waals surface area contributed by atoms with Crippen molar-refractivity contribution in [2.24, 2.45) is 70.0 Å². The topological polar surface area (TPSA) is 107 Å². The number of hydrogen-bond donors (Lipinski definition) is 1. The van der Waals surface area contributed by atoms with Gasteiger partial charge >= 0.3 is 0 Å². The molecule has 3 unspecified atom stereocenters. The molecule has 3 amide bonds. The average Bonchev–Trinajstić information content (AvgIpc) is 3.82. The van der Waals surface area contributed by atoms with Crippen molar-refractivity contribution in [3.63, 3.8) is 0 Å². The molecule has 12 nitrogen and oxygen atoms in total. The highest BCUT2D eigenvalue weighted by atomic mass is 16.5. The highest BCUT2D eigenvalue weighted by molar-refractivity contribution is 5.82. The summed E-state index contributed by atoms with van der Waals surface area (Å²) in [4.78, 5) is 47.9. The molecule has 8 saturated heterocycles. The van der Waals surface area contributed by atoms with E-state index in [2.05, 4.69) is 122 Å². The minimum Gasteiger partial charge on any atom is -0.381 e. The van der Waals surface area contributed by atoms with Gasteiger partial charge in [-0.05, 0) is 169 Å². The van der Waals surface area contributed by atoms with Crippen LogP contribution in [0.3, 0.4) is 0 Å². The summed E-state index contributed by atoms with van der Waals surface area (Å²) in [6.45, 7) is 43.5. The molecule has 12 heteroatoms. The fourth-order valence-electron chi connectivity index (χ4n) is 12.3. The van der Waals surface area contributed by atoms with Crippen LogP contribution in [0.2, 0.25) is 0 Å². The summed E-state index contributed by atoms with van der Waals surface area (Å²) in [6, 6.07) is -0.120. The summed E-state index contributed by atoms with van der Waals surface area (Å²) < 4.78 is 16.0. The molecule has 8 aliphatic heterocycles. The lowest BCUT2D eigenvalue weighted by Gasteiger charge is -2.40. The van der Waals surface area contributed by atoms with Crippen LogP contribution in [0, 0.1) is 70.0 Å². The Labute approximate surface area is 442 Å². The number of morpholine rings is 1. The predicted octanol–water partition coefficient (Wildman–Crippen LogP) is 9.84. The van der Waals surface area contributed by atoms with E-state index in [9.17, 15) is 14.4 Å². The minimum atomic E-state index is -0.120. The average molecular weight is 1020 g/mol. The SMILES string of the molecule is CC(C)(C)C1CCCOC1.CC(C)(C)C1CCN(C(=O)[C@@H]2COCCN2)CC1.CC(C)C1CCN(C(=O)C2CCCN(C)C2)CC1.CC(C)C1CCN(C(=O)C2CCN(C)C2)CC1.CC(C)C1CCOCC1. The summed E-state index contributed by atoms with van der Waals surface area (Å²) >= 11 is 0. The standard InChI is InChI=1S/C15H28N2O.C14H26N2O2.C14H26N2O.C9H18O.C8H16O/c1-12(2)13-6-9-17(10-7-13)15(18)14-5-4-8-16(3)11-14;1-14(2,3)11-4-7-16(8-5-11)13(17)12-10-18-9-6-15-12;1-11(2)12-5-8-16(9-6-12)14(17)13-4-7-15(3)10-13;1-9(2,3)8-5-4-6-10-7-8;1-7(2)8-3-5-9-6-4-8/h12-14H,4-11H2,1-3H3;11-12,15H,4-10H2,1-3H3;11-13H,4-10H2,1-3H3;8H,4-7H2,1-3H3;7-8H,3-6H2,1-2H3/t;12-;;;/m.0.../s1. The second kappa shape index (κ2) is 31.4. The number of ether oxygens (including phenoxy) is 3. The third-order valence-corrected chi connectivity index (χ3v) is 18.1. The van der Waals surface area contributed by atoms with Gasteiger partial charge in [0.15, 0.2) is 0 Å². The number of carbonyl (C=O) groups is 3.